The molecule has 6 heteroatoms. The van der Waals surface area contributed by atoms with Gasteiger partial charge in [-0.05, 0) is 50.0 Å². The molecule has 2 saturated carbocycles. The van der Waals surface area contributed by atoms with E-state index in [1.54, 1.807) is 0 Å². The summed E-state index contributed by atoms with van der Waals surface area (Å²) >= 11 is 0. The molecule has 0 atom stereocenters. The van der Waals surface area contributed by atoms with Crippen molar-refractivity contribution in [3.8, 4) is 0 Å². The molecule has 0 heterocycles. The van der Waals surface area contributed by atoms with Gasteiger partial charge >= 0.3 is 6.18 Å². The highest BCUT2D eigenvalue weighted by Crippen LogP contribution is 2.48. The third kappa shape index (κ3) is 4.84. The van der Waals surface area contributed by atoms with Gasteiger partial charge in [0.15, 0.2) is 0 Å². The van der Waals surface area contributed by atoms with Crippen LogP contribution in [0.4, 0.5) is 13.2 Å². The molecular weight excluding hydrogens is 245 g/mol. The van der Waals surface area contributed by atoms with Gasteiger partial charge in [0.1, 0.15) is 6.54 Å². The van der Waals surface area contributed by atoms with Crippen molar-refractivity contribution in [3.05, 3.63) is 0 Å². The van der Waals surface area contributed by atoms with E-state index in [0.717, 1.165) is 18.4 Å². The van der Waals surface area contributed by atoms with Crippen molar-refractivity contribution in [1.82, 2.24) is 10.6 Å². The topological polar surface area (TPSA) is 41.1 Å². The highest BCUT2D eigenvalue weighted by molar-refractivity contribution is 5.77. The zero-order chi connectivity index (χ0) is 13.2. The molecule has 0 radical (unpaired) electrons. The smallest absolute Gasteiger partial charge is 0.346 e. The molecule has 2 aliphatic rings. The molecule has 0 saturated heterocycles. The first-order chi connectivity index (χ1) is 8.46. The molecule has 3 nitrogen and oxygen atoms in total. The second-order valence-corrected chi connectivity index (χ2v) is 5.36. The maximum absolute atomic E-state index is 11.9. The summed E-state index contributed by atoms with van der Waals surface area (Å²) in [4.78, 5) is 11.2. The molecule has 0 spiro atoms. The van der Waals surface area contributed by atoms with Crippen LogP contribution in [0.15, 0.2) is 0 Å². The fourth-order valence-corrected chi connectivity index (χ4v) is 2.38. The molecule has 2 N–H and O–H groups in total. The lowest BCUT2D eigenvalue weighted by Gasteiger charge is -2.16. The molecule has 0 aromatic heterocycles. The van der Waals surface area contributed by atoms with Crippen LogP contribution in [0.2, 0.25) is 0 Å². The van der Waals surface area contributed by atoms with Crippen LogP contribution in [0, 0.1) is 17.8 Å². The largest absolute Gasteiger partial charge is 0.405 e. The molecular formula is C12H19F3N2O. The third-order valence-electron chi connectivity index (χ3n) is 3.61. The van der Waals surface area contributed by atoms with Crippen molar-refractivity contribution in [2.24, 2.45) is 17.8 Å². The lowest BCUT2D eigenvalue weighted by molar-refractivity contribution is -0.137. The molecule has 0 aliphatic heterocycles. The van der Waals surface area contributed by atoms with Crippen molar-refractivity contribution in [2.75, 3.05) is 19.6 Å². The lowest BCUT2D eigenvalue weighted by Crippen LogP contribution is -2.40. The molecule has 104 valence electrons. The van der Waals surface area contributed by atoms with Crippen molar-refractivity contribution in [2.45, 2.75) is 31.9 Å². The number of halogens is 3. The van der Waals surface area contributed by atoms with Gasteiger partial charge in [-0.2, -0.15) is 13.2 Å². The minimum absolute atomic E-state index is 0.0218. The van der Waals surface area contributed by atoms with Crippen LogP contribution in [0.25, 0.3) is 0 Å². The van der Waals surface area contributed by atoms with E-state index >= 15 is 0 Å². The van der Waals surface area contributed by atoms with Crippen molar-refractivity contribution in [3.63, 3.8) is 0 Å². The van der Waals surface area contributed by atoms with E-state index in [4.69, 9.17) is 0 Å². The third-order valence-corrected chi connectivity index (χ3v) is 3.61. The van der Waals surface area contributed by atoms with Crippen molar-refractivity contribution in [1.29, 1.82) is 0 Å². The number of carbonyl (C=O) groups excluding carboxylic acids is 1. The first-order valence-corrected chi connectivity index (χ1v) is 6.50. The number of hydrogen-bond donors (Lipinski definition) is 2. The second-order valence-electron chi connectivity index (χ2n) is 5.36. The Labute approximate surface area is 104 Å². The Balaban J connectivity index is 1.57. The zero-order valence-corrected chi connectivity index (χ0v) is 10.2. The average molecular weight is 264 g/mol. The predicted octanol–water partition coefficient (Wildman–Crippen LogP) is 1.69. The summed E-state index contributed by atoms with van der Waals surface area (Å²) in [5.41, 5.74) is 0. The lowest BCUT2D eigenvalue weighted by atomic mass is 9.98. The molecule has 2 aliphatic carbocycles. The molecule has 2 fully saturated rings. The summed E-state index contributed by atoms with van der Waals surface area (Å²) in [5.74, 6) is 1.60. The van der Waals surface area contributed by atoms with E-state index in [-0.39, 0.29) is 6.54 Å². The van der Waals surface area contributed by atoms with E-state index in [0.29, 0.717) is 5.92 Å². The van der Waals surface area contributed by atoms with Gasteiger partial charge < -0.3 is 10.6 Å². The van der Waals surface area contributed by atoms with Gasteiger partial charge in [0.05, 0.1) is 6.54 Å². The predicted molar refractivity (Wildman–Crippen MR) is 60.9 cm³/mol. The maximum atomic E-state index is 11.9. The SMILES string of the molecule is O=C(CNCC(C1CC1)C1CC1)NCC(F)(F)F. The summed E-state index contributed by atoms with van der Waals surface area (Å²) in [6.45, 7) is -0.511. The molecule has 0 aromatic rings. The highest BCUT2D eigenvalue weighted by atomic mass is 19.4. The molecule has 2 rings (SSSR count). The van der Waals surface area contributed by atoms with E-state index in [2.05, 4.69) is 5.32 Å². The maximum Gasteiger partial charge on any atom is 0.405 e. The fraction of sp³-hybridized carbons (Fsp3) is 0.917. The zero-order valence-electron chi connectivity index (χ0n) is 10.2. The van der Waals surface area contributed by atoms with Crippen LogP contribution >= 0.6 is 0 Å². The Morgan fingerprint density at radius 1 is 1.17 bits per heavy atom. The molecule has 0 aromatic carbocycles. The standard InChI is InChI=1S/C12H19F3N2O/c13-12(14,15)7-17-11(18)6-16-5-10(8-1-2-8)9-3-4-9/h8-10,16H,1-7H2,(H,17,18). The van der Waals surface area contributed by atoms with Crippen molar-refractivity contribution >= 4 is 5.91 Å². The van der Waals surface area contributed by atoms with Crippen LogP contribution in [0.1, 0.15) is 25.7 Å². The molecule has 0 bridgehead atoms. The van der Waals surface area contributed by atoms with Gasteiger partial charge in [-0.1, -0.05) is 0 Å². The Hall–Kier alpha value is -0.780. The summed E-state index contributed by atoms with van der Waals surface area (Å²) < 4.78 is 35.6. The van der Waals surface area contributed by atoms with Crippen LogP contribution in [-0.2, 0) is 4.79 Å². The highest BCUT2D eigenvalue weighted by Gasteiger charge is 2.40. The minimum Gasteiger partial charge on any atom is -0.346 e. The van der Waals surface area contributed by atoms with Gasteiger partial charge in [0, 0.05) is 0 Å². The molecule has 1 amide bonds. The average Bonchev–Trinajstić information content (AvgIpc) is 3.13. The Bertz CT molecular complexity index is 286. The number of amides is 1. The summed E-state index contributed by atoms with van der Waals surface area (Å²) in [5, 5.41) is 4.84. The Morgan fingerprint density at radius 2 is 1.72 bits per heavy atom. The quantitative estimate of drug-likeness (QED) is 0.734. The monoisotopic (exact) mass is 264 g/mol. The van der Waals surface area contributed by atoms with Crippen LogP contribution in [0.5, 0.6) is 0 Å². The van der Waals surface area contributed by atoms with Crippen LogP contribution in [0.3, 0.4) is 0 Å². The Morgan fingerprint density at radius 3 is 2.17 bits per heavy atom. The van der Waals surface area contributed by atoms with E-state index in [9.17, 15) is 18.0 Å². The van der Waals surface area contributed by atoms with Gasteiger partial charge in [-0.25, -0.2) is 0 Å². The molecule has 0 unspecified atom stereocenters. The second kappa shape index (κ2) is 5.47. The van der Waals surface area contributed by atoms with Crippen LogP contribution in [-0.4, -0.2) is 31.7 Å². The van der Waals surface area contributed by atoms with Gasteiger partial charge in [-0.15, -0.1) is 0 Å². The van der Waals surface area contributed by atoms with E-state index in [1.807, 2.05) is 5.32 Å². The summed E-state index contributed by atoms with van der Waals surface area (Å²) in [6, 6.07) is 0. The number of rotatable bonds is 7. The number of nitrogens with one attached hydrogen (secondary N) is 2. The van der Waals surface area contributed by atoms with Gasteiger partial charge in [0.25, 0.3) is 0 Å². The number of hydrogen-bond acceptors (Lipinski definition) is 2. The van der Waals surface area contributed by atoms with E-state index < -0.39 is 18.6 Å². The normalized spacial score (nSPS) is 20.2. The first-order valence-electron chi connectivity index (χ1n) is 6.50. The van der Waals surface area contributed by atoms with E-state index in [1.165, 1.54) is 25.7 Å². The fourth-order valence-electron chi connectivity index (χ4n) is 2.38. The number of carbonyl (C=O) groups is 1. The summed E-state index contributed by atoms with van der Waals surface area (Å²) in [6.07, 6.45) is 0.735. The minimum atomic E-state index is -4.33. The Kier molecular flexibility index (Phi) is 4.14. The molecule has 18 heavy (non-hydrogen) atoms. The van der Waals surface area contributed by atoms with Crippen LogP contribution < -0.4 is 10.6 Å². The summed E-state index contributed by atoms with van der Waals surface area (Å²) in [7, 11) is 0. The first kappa shape index (κ1) is 13.6. The van der Waals surface area contributed by atoms with Crippen molar-refractivity contribution < 1.29 is 18.0 Å². The van der Waals surface area contributed by atoms with Gasteiger partial charge in [0.2, 0.25) is 5.91 Å². The number of alkyl halides is 3. The van der Waals surface area contributed by atoms with Gasteiger partial charge in [-0.3, -0.25) is 4.79 Å².